The molecule has 3 amide bonds. The zero-order valence-corrected chi connectivity index (χ0v) is 17.4. The third kappa shape index (κ3) is 3.10. The Balaban J connectivity index is 1.76. The summed E-state index contributed by atoms with van der Waals surface area (Å²) in [6, 6.07) is 4.11. The largest absolute Gasteiger partial charge is 0.510 e. The minimum absolute atomic E-state index is 0.0556. The highest BCUT2D eigenvalue weighted by Crippen LogP contribution is 2.40. The van der Waals surface area contributed by atoms with Gasteiger partial charge in [-0.1, -0.05) is 12.1 Å². The molecule has 0 unspecified atom stereocenters. The van der Waals surface area contributed by atoms with Crippen LogP contribution >= 0.6 is 0 Å². The van der Waals surface area contributed by atoms with Crippen LogP contribution in [0.15, 0.2) is 35.7 Å². The fraction of sp³-hybridized carbons (Fsp3) is 0.429. The van der Waals surface area contributed by atoms with Gasteiger partial charge >= 0.3 is 5.97 Å². The summed E-state index contributed by atoms with van der Waals surface area (Å²) < 4.78 is 16.2. The molecule has 0 aliphatic carbocycles. The van der Waals surface area contributed by atoms with Crippen LogP contribution in [-0.2, 0) is 23.8 Å². The fourth-order valence-corrected chi connectivity index (χ4v) is 4.25. The van der Waals surface area contributed by atoms with Crippen LogP contribution in [0.4, 0.5) is 0 Å². The summed E-state index contributed by atoms with van der Waals surface area (Å²) in [6.45, 7) is 4.66. The minimum Gasteiger partial charge on any atom is -0.510 e. The maximum atomic E-state index is 13.2. The molecular formula is C21H22N2O8. The molecular weight excluding hydrogens is 408 g/mol. The van der Waals surface area contributed by atoms with E-state index in [0.717, 1.165) is 16.9 Å². The van der Waals surface area contributed by atoms with E-state index in [0.29, 0.717) is 0 Å². The van der Waals surface area contributed by atoms with Gasteiger partial charge in [-0.05, 0) is 32.9 Å². The van der Waals surface area contributed by atoms with Crippen molar-refractivity contribution >= 4 is 23.7 Å². The molecule has 1 aromatic carbocycles. The average Bonchev–Trinajstić information content (AvgIpc) is 3.20. The zero-order chi connectivity index (χ0) is 22.7. The maximum Gasteiger partial charge on any atom is 0.358 e. The predicted octanol–water partition coefficient (Wildman–Crippen LogP) is 0.976. The Hall–Kier alpha value is -3.24. The molecule has 1 aromatic rings. The normalized spacial score (nSPS) is 27.7. The number of methoxy groups -OCH3 is 1. The van der Waals surface area contributed by atoms with Crippen LogP contribution < -0.4 is 0 Å². The Morgan fingerprint density at radius 1 is 1.16 bits per heavy atom. The van der Waals surface area contributed by atoms with E-state index in [2.05, 4.69) is 0 Å². The molecule has 0 spiro atoms. The number of benzene rings is 1. The molecule has 1 N–H and O–H groups in total. The number of β-lactam (4-membered cyclic amide) rings is 1. The Morgan fingerprint density at radius 2 is 1.74 bits per heavy atom. The third-order valence-corrected chi connectivity index (χ3v) is 5.59. The molecule has 2 saturated heterocycles. The molecule has 4 rings (SSSR count). The van der Waals surface area contributed by atoms with Crippen molar-refractivity contribution in [2.24, 2.45) is 0 Å². The van der Waals surface area contributed by atoms with Crippen molar-refractivity contribution in [3.63, 3.8) is 0 Å². The topological polar surface area (TPSA) is 123 Å². The summed E-state index contributed by atoms with van der Waals surface area (Å²) in [5, 5.41) is 10.1. The first-order valence-corrected chi connectivity index (χ1v) is 9.69. The third-order valence-electron chi connectivity index (χ3n) is 5.59. The number of esters is 1. The summed E-state index contributed by atoms with van der Waals surface area (Å²) in [4.78, 5) is 53.4. The Labute approximate surface area is 177 Å². The molecule has 0 bridgehead atoms. The fourth-order valence-electron chi connectivity index (χ4n) is 4.25. The summed E-state index contributed by atoms with van der Waals surface area (Å²) in [6.07, 6.45) is -0.763. The molecule has 3 heterocycles. The molecule has 3 aliphatic heterocycles. The molecule has 164 valence electrons. The van der Waals surface area contributed by atoms with Gasteiger partial charge in [-0.2, -0.15) is 0 Å². The molecule has 3 atom stereocenters. The number of allylic oxidation sites excluding steroid dienone is 1. The lowest BCUT2D eigenvalue weighted by Crippen LogP contribution is -2.75. The number of carbonyl (C=O) groups excluding carboxylic acids is 4. The molecule has 10 heteroatoms. The van der Waals surface area contributed by atoms with E-state index in [9.17, 15) is 24.3 Å². The molecule has 2 fully saturated rings. The van der Waals surface area contributed by atoms with Gasteiger partial charge in [-0.25, -0.2) is 4.79 Å². The monoisotopic (exact) mass is 430 g/mol. The zero-order valence-electron chi connectivity index (χ0n) is 17.4. The van der Waals surface area contributed by atoms with E-state index >= 15 is 0 Å². The molecule has 3 aliphatic rings. The van der Waals surface area contributed by atoms with E-state index in [1.807, 2.05) is 0 Å². The quantitative estimate of drug-likeness (QED) is 0.247. The van der Waals surface area contributed by atoms with Gasteiger partial charge in [-0.3, -0.25) is 24.2 Å². The number of nitrogens with zero attached hydrogens (tertiary/aromatic N) is 2. The number of imide groups is 1. The second-order valence-electron chi connectivity index (χ2n) is 7.96. The first kappa shape index (κ1) is 21.0. The highest BCUT2D eigenvalue weighted by molar-refractivity contribution is 6.23. The first-order valence-electron chi connectivity index (χ1n) is 9.69. The number of hydrogen-bond donors (Lipinski definition) is 1. The summed E-state index contributed by atoms with van der Waals surface area (Å²) in [5.74, 6) is -4.26. The van der Waals surface area contributed by atoms with Crippen LogP contribution in [0, 0.1) is 0 Å². The van der Waals surface area contributed by atoms with Gasteiger partial charge in [0.15, 0.2) is 11.5 Å². The van der Waals surface area contributed by atoms with Crippen molar-refractivity contribution < 1.29 is 38.5 Å². The van der Waals surface area contributed by atoms with Crippen LogP contribution in [0.3, 0.4) is 0 Å². The van der Waals surface area contributed by atoms with Gasteiger partial charge in [0, 0.05) is 0 Å². The lowest BCUT2D eigenvalue weighted by atomic mass is 9.87. The van der Waals surface area contributed by atoms with Crippen molar-refractivity contribution in [3.8, 4) is 0 Å². The lowest BCUT2D eigenvalue weighted by Gasteiger charge is -2.51. The number of aliphatic hydroxyl groups excluding tert-OH is 1. The highest BCUT2D eigenvalue weighted by Gasteiger charge is 2.62. The van der Waals surface area contributed by atoms with Crippen LogP contribution in [-0.4, -0.2) is 76.3 Å². The second kappa shape index (κ2) is 7.17. The molecule has 0 aromatic heterocycles. The molecule has 31 heavy (non-hydrogen) atoms. The smallest absolute Gasteiger partial charge is 0.358 e. The van der Waals surface area contributed by atoms with Crippen molar-refractivity contribution in [2.45, 2.75) is 44.7 Å². The van der Waals surface area contributed by atoms with Gasteiger partial charge in [0.05, 0.1) is 30.9 Å². The van der Waals surface area contributed by atoms with Gasteiger partial charge in [0.25, 0.3) is 17.7 Å². The van der Waals surface area contributed by atoms with Crippen molar-refractivity contribution in [3.05, 3.63) is 46.8 Å². The highest BCUT2D eigenvalue weighted by atomic mass is 16.7. The number of carbonyl (C=O) groups is 4. The van der Waals surface area contributed by atoms with Crippen LogP contribution in [0.25, 0.3) is 0 Å². The number of likely N-dealkylation sites (tertiary alicyclic amines) is 1. The number of hydrogen-bond acceptors (Lipinski definition) is 8. The van der Waals surface area contributed by atoms with E-state index in [1.54, 1.807) is 26.0 Å². The van der Waals surface area contributed by atoms with Crippen molar-refractivity contribution in [1.82, 2.24) is 9.80 Å². The number of amides is 3. The van der Waals surface area contributed by atoms with Gasteiger partial charge in [-0.15, -0.1) is 0 Å². The minimum atomic E-state index is -1.23. The van der Waals surface area contributed by atoms with Gasteiger partial charge in [0.1, 0.15) is 17.9 Å². The van der Waals surface area contributed by atoms with Crippen molar-refractivity contribution in [2.75, 3.05) is 13.7 Å². The number of aliphatic hydroxyl groups is 1. The molecule has 0 radical (unpaired) electrons. The van der Waals surface area contributed by atoms with Gasteiger partial charge < -0.3 is 19.3 Å². The Bertz CT molecular complexity index is 991. The van der Waals surface area contributed by atoms with E-state index in [-0.39, 0.29) is 23.4 Å². The SMILES string of the molecule is COC(=O)/C(=C(\C)O)N1C(=O)[C@@H](N2C(=O)c3ccccc3C2=O)[C@H]1[C@@H]1COC(C)(C)O1. The summed E-state index contributed by atoms with van der Waals surface area (Å²) in [5.41, 5.74) is 0.0191. The summed E-state index contributed by atoms with van der Waals surface area (Å²) >= 11 is 0. The maximum absolute atomic E-state index is 13.2. The van der Waals surface area contributed by atoms with Crippen molar-refractivity contribution in [1.29, 1.82) is 0 Å². The second-order valence-corrected chi connectivity index (χ2v) is 7.96. The van der Waals surface area contributed by atoms with E-state index in [4.69, 9.17) is 14.2 Å². The number of ether oxygens (including phenoxy) is 3. The molecule has 10 nitrogen and oxygen atoms in total. The van der Waals surface area contributed by atoms with Crippen LogP contribution in [0.5, 0.6) is 0 Å². The summed E-state index contributed by atoms with van der Waals surface area (Å²) in [7, 11) is 1.12. The average molecular weight is 430 g/mol. The standard InChI is InChI=1S/C21H22N2O8/c1-10(24)14(20(28)29-4)22-15(13-9-30-21(2,3)31-13)16(19(22)27)23-17(25)11-7-5-6-8-12(11)18(23)26/h5-8,13,15-16,24H,9H2,1-4H3/b14-10-/t13-,15+,16-/m0/s1. The number of rotatable bonds is 4. The predicted molar refractivity (Wildman–Crippen MR) is 104 cm³/mol. The van der Waals surface area contributed by atoms with E-state index < -0.39 is 53.4 Å². The van der Waals surface area contributed by atoms with Crippen LogP contribution in [0.1, 0.15) is 41.5 Å². The Kier molecular flexibility index (Phi) is 4.86. The first-order chi connectivity index (χ1) is 14.6. The lowest BCUT2D eigenvalue weighted by molar-refractivity contribution is -0.176. The molecule has 0 saturated carbocycles. The number of fused-ring (bicyclic) bond motifs is 1. The van der Waals surface area contributed by atoms with Gasteiger partial charge in [0.2, 0.25) is 0 Å². The van der Waals surface area contributed by atoms with Crippen LogP contribution in [0.2, 0.25) is 0 Å². The van der Waals surface area contributed by atoms with E-state index in [1.165, 1.54) is 19.1 Å². The Morgan fingerprint density at radius 3 is 2.19 bits per heavy atom.